The van der Waals surface area contributed by atoms with Gasteiger partial charge in [0, 0.05) is 13.1 Å². The molecule has 2 saturated carbocycles. The number of aromatic carboxylic acids is 1. The fourth-order valence-electron chi connectivity index (χ4n) is 3.29. The number of nitrogens with one attached hydrogen (secondary N) is 2. The Morgan fingerprint density at radius 2 is 1.14 bits per heavy atom. The summed E-state index contributed by atoms with van der Waals surface area (Å²) in [7, 11) is 1.35. The molecule has 186 valence electrons. The van der Waals surface area contributed by atoms with Gasteiger partial charge in [-0.15, -0.1) is 0 Å². The molecule has 0 unspecified atom stereocenters. The normalized spacial score (nSPS) is 13.8. The number of carboxylic acids is 1. The number of carbonyl (C=O) groups excluding carboxylic acids is 4. The Kier molecular flexibility index (Phi) is 12.1. The monoisotopic (exact) mass is 502 g/mol. The fraction of sp³-hybridized carbons (Fsp3) is 0.407. The van der Waals surface area contributed by atoms with Gasteiger partial charge in [0.1, 0.15) is 0 Å². The van der Waals surface area contributed by atoms with E-state index in [1.807, 2.05) is 0 Å². The van der Waals surface area contributed by atoms with Gasteiger partial charge in [0.05, 0.1) is 31.5 Å². The molecule has 2 N–H and O–H groups in total. The van der Waals surface area contributed by atoms with Crippen molar-refractivity contribution in [2.45, 2.75) is 38.5 Å². The average Bonchev–Trinajstić information content (AvgIpc) is 3.77. The largest absolute Gasteiger partial charge is 1.00 e. The Morgan fingerprint density at radius 3 is 1.47 bits per heavy atom. The number of carboxylic acid groups (broad SMARTS) is 1. The number of ether oxygens (including phenoxy) is 1. The second kappa shape index (κ2) is 14.8. The van der Waals surface area contributed by atoms with Crippen LogP contribution in [-0.2, 0) is 27.2 Å². The molecule has 0 aromatic heterocycles. The van der Waals surface area contributed by atoms with E-state index < -0.39 is 5.97 Å². The number of carbonyl (C=O) groups is 4. The van der Waals surface area contributed by atoms with Crippen LogP contribution in [0.15, 0.2) is 48.5 Å². The standard InChI is InChI=1S/C14H17NO3.C13H15NO3.Na/c1-18-14(17)12-6-4-10(5-7-12)8-13(16)15-9-11-2-3-11;15-12(14-8-10-1-2-10)7-9-3-5-11(6-4-9)13(16)17;/h4-7,11H,2-3,8-9H2,1H3,(H,15,16);3-6,10H,1-2,7-8H2,(H,14,15)(H,16,17);/q;;+1/p-1. The van der Waals surface area contributed by atoms with Crippen LogP contribution < -0.4 is 45.3 Å². The predicted molar refractivity (Wildman–Crippen MR) is 127 cm³/mol. The topological polar surface area (TPSA) is 125 Å². The predicted octanol–water partition coefficient (Wildman–Crippen LogP) is -1.34. The summed E-state index contributed by atoms with van der Waals surface area (Å²) in [5.41, 5.74) is 2.34. The molecule has 0 aliphatic heterocycles. The van der Waals surface area contributed by atoms with Crippen molar-refractivity contribution in [1.82, 2.24) is 10.6 Å². The van der Waals surface area contributed by atoms with Gasteiger partial charge < -0.3 is 25.3 Å². The van der Waals surface area contributed by atoms with E-state index in [1.54, 1.807) is 36.4 Å². The molecule has 4 rings (SSSR count). The summed E-state index contributed by atoms with van der Waals surface area (Å²) >= 11 is 0. The van der Waals surface area contributed by atoms with Gasteiger partial charge >= 0.3 is 35.5 Å². The molecule has 0 heterocycles. The Balaban J connectivity index is 0.000000247. The quantitative estimate of drug-likeness (QED) is 0.306. The van der Waals surface area contributed by atoms with Crippen molar-refractivity contribution in [2.24, 2.45) is 11.8 Å². The van der Waals surface area contributed by atoms with Crippen LogP contribution in [0.25, 0.3) is 0 Å². The molecule has 36 heavy (non-hydrogen) atoms. The second-order valence-electron chi connectivity index (χ2n) is 9.02. The minimum atomic E-state index is -1.20. The first-order chi connectivity index (χ1) is 16.8. The molecule has 0 spiro atoms. The molecule has 8 nitrogen and oxygen atoms in total. The average molecular weight is 503 g/mol. The first-order valence-corrected chi connectivity index (χ1v) is 11.8. The molecule has 0 radical (unpaired) electrons. The summed E-state index contributed by atoms with van der Waals surface area (Å²) in [5, 5.41) is 16.3. The summed E-state index contributed by atoms with van der Waals surface area (Å²) in [6.45, 7) is 1.55. The van der Waals surface area contributed by atoms with Crippen molar-refractivity contribution in [1.29, 1.82) is 0 Å². The molecule has 2 amide bonds. The van der Waals surface area contributed by atoms with E-state index in [2.05, 4.69) is 15.4 Å². The Morgan fingerprint density at radius 1 is 0.750 bits per heavy atom. The van der Waals surface area contributed by atoms with E-state index in [9.17, 15) is 24.3 Å². The molecule has 2 fully saturated rings. The molecule has 2 aliphatic carbocycles. The van der Waals surface area contributed by atoms with Gasteiger partial charge in [0.25, 0.3) is 0 Å². The van der Waals surface area contributed by atoms with Crippen molar-refractivity contribution < 1.29 is 58.6 Å². The van der Waals surface area contributed by atoms with Crippen molar-refractivity contribution in [3.8, 4) is 0 Å². The zero-order chi connectivity index (χ0) is 25.2. The van der Waals surface area contributed by atoms with Gasteiger partial charge in [-0.25, -0.2) is 4.79 Å². The number of rotatable bonds is 10. The number of hydrogen-bond acceptors (Lipinski definition) is 6. The summed E-state index contributed by atoms with van der Waals surface area (Å²) in [5.74, 6) is -0.185. The van der Waals surface area contributed by atoms with E-state index in [-0.39, 0.29) is 52.9 Å². The van der Waals surface area contributed by atoms with Crippen molar-refractivity contribution in [3.05, 3.63) is 70.8 Å². The van der Waals surface area contributed by atoms with Crippen molar-refractivity contribution in [2.75, 3.05) is 20.2 Å². The third-order valence-electron chi connectivity index (χ3n) is 5.86. The summed E-state index contributed by atoms with van der Waals surface area (Å²) < 4.78 is 4.61. The van der Waals surface area contributed by atoms with Gasteiger partial charge in [-0.2, -0.15) is 0 Å². The van der Waals surface area contributed by atoms with Gasteiger partial charge in [-0.1, -0.05) is 36.4 Å². The molecule has 9 heteroatoms. The number of amides is 2. The van der Waals surface area contributed by atoms with E-state index in [4.69, 9.17) is 0 Å². The van der Waals surface area contributed by atoms with Crippen LogP contribution in [0.4, 0.5) is 0 Å². The van der Waals surface area contributed by atoms with Crippen LogP contribution in [-0.4, -0.2) is 44.0 Å². The van der Waals surface area contributed by atoms with Gasteiger partial charge in [0.2, 0.25) is 11.8 Å². The summed E-state index contributed by atoms with van der Waals surface area (Å²) in [4.78, 5) is 44.9. The van der Waals surface area contributed by atoms with Crippen LogP contribution in [0.2, 0.25) is 0 Å². The van der Waals surface area contributed by atoms with Gasteiger partial charge in [-0.05, 0) is 66.3 Å². The van der Waals surface area contributed by atoms with Crippen LogP contribution in [0.5, 0.6) is 0 Å². The van der Waals surface area contributed by atoms with E-state index in [1.165, 1.54) is 44.9 Å². The molecule has 0 atom stereocenters. The number of esters is 1. The maximum atomic E-state index is 11.6. The third-order valence-corrected chi connectivity index (χ3v) is 5.86. The number of methoxy groups -OCH3 is 1. The minimum absolute atomic E-state index is 0. The minimum Gasteiger partial charge on any atom is -0.545 e. The molecule has 2 aromatic rings. The molecule has 2 aromatic carbocycles. The number of hydrogen-bond donors (Lipinski definition) is 2. The smallest absolute Gasteiger partial charge is 0.545 e. The molecule has 0 saturated heterocycles. The summed E-state index contributed by atoms with van der Waals surface area (Å²) in [6.07, 6.45) is 5.53. The molecule has 2 aliphatic rings. The third kappa shape index (κ3) is 10.9. The van der Waals surface area contributed by atoms with Gasteiger partial charge in [0.15, 0.2) is 0 Å². The van der Waals surface area contributed by atoms with Crippen LogP contribution >= 0.6 is 0 Å². The maximum absolute atomic E-state index is 11.6. The first kappa shape index (κ1) is 29.5. The Labute approximate surface area is 233 Å². The molecular weight excluding hydrogens is 471 g/mol. The Bertz CT molecular complexity index is 1030. The Hall–Kier alpha value is -2.68. The fourth-order valence-corrected chi connectivity index (χ4v) is 3.29. The van der Waals surface area contributed by atoms with E-state index in [0.29, 0.717) is 30.2 Å². The van der Waals surface area contributed by atoms with E-state index >= 15 is 0 Å². The summed E-state index contributed by atoms with van der Waals surface area (Å²) in [6, 6.07) is 13.1. The SMILES string of the molecule is COC(=O)c1ccc(CC(=O)NCC2CC2)cc1.O=C(Cc1ccc(C(=O)[O-])cc1)NCC1CC1.[Na+]. The van der Waals surface area contributed by atoms with Crippen LogP contribution in [0, 0.1) is 11.8 Å². The second-order valence-corrected chi connectivity index (χ2v) is 9.02. The molecular formula is C27H31N2NaO6. The molecule has 0 bridgehead atoms. The zero-order valence-corrected chi connectivity index (χ0v) is 22.9. The van der Waals surface area contributed by atoms with E-state index in [0.717, 1.165) is 24.2 Å². The zero-order valence-electron chi connectivity index (χ0n) is 20.9. The number of benzene rings is 2. The first-order valence-electron chi connectivity index (χ1n) is 11.8. The van der Waals surface area contributed by atoms with Crippen LogP contribution in [0.3, 0.4) is 0 Å². The van der Waals surface area contributed by atoms with Crippen molar-refractivity contribution >= 4 is 23.8 Å². The van der Waals surface area contributed by atoms with Crippen molar-refractivity contribution in [3.63, 3.8) is 0 Å². The van der Waals surface area contributed by atoms with Crippen LogP contribution in [0.1, 0.15) is 57.5 Å². The maximum Gasteiger partial charge on any atom is 1.00 e. The van der Waals surface area contributed by atoms with Gasteiger partial charge in [-0.3, -0.25) is 9.59 Å².